The molecule has 1 saturated carbocycles. The van der Waals surface area contributed by atoms with Gasteiger partial charge in [0, 0.05) is 6.54 Å². The monoisotopic (exact) mass is 371 g/mol. The van der Waals surface area contributed by atoms with Crippen LogP contribution in [0.1, 0.15) is 44.1 Å². The number of sulfonamides is 1. The third-order valence-electron chi connectivity index (χ3n) is 3.81. The summed E-state index contributed by atoms with van der Waals surface area (Å²) in [4.78, 5) is 0.328. The zero-order chi connectivity index (χ0) is 15.3. The Morgan fingerprint density at radius 1 is 1.14 bits per heavy atom. The summed E-state index contributed by atoms with van der Waals surface area (Å²) >= 11 is 3.62. The van der Waals surface area contributed by atoms with E-state index in [0.29, 0.717) is 11.4 Å². The van der Waals surface area contributed by atoms with Crippen LogP contribution in [-0.4, -0.2) is 15.0 Å². The second-order valence-electron chi connectivity index (χ2n) is 5.53. The van der Waals surface area contributed by atoms with Crippen molar-refractivity contribution in [2.45, 2.75) is 50.3 Å². The molecule has 2 rings (SSSR count). The Morgan fingerprint density at radius 3 is 2.38 bits per heavy atom. The summed E-state index contributed by atoms with van der Waals surface area (Å²) in [7, 11) is -3.40. The fraction of sp³-hybridized carbons (Fsp3) is 0.500. The van der Waals surface area contributed by atoms with Gasteiger partial charge in [0.25, 0.3) is 0 Å². The first-order valence-electron chi connectivity index (χ1n) is 7.42. The van der Waals surface area contributed by atoms with E-state index in [1.807, 2.05) is 19.1 Å². The lowest BCUT2D eigenvalue weighted by atomic mass is 9.94. The average molecular weight is 372 g/mol. The SMILES string of the molecule is Cc1ccc(S(=O)(=O)NCCC(Br)=C2CCCCC2)cc1. The van der Waals surface area contributed by atoms with E-state index < -0.39 is 10.0 Å². The van der Waals surface area contributed by atoms with Gasteiger partial charge >= 0.3 is 0 Å². The van der Waals surface area contributed by atoms with E-state index >= 15 is 0 Å². The average Bonchev–Trinajstić information content (AvgIpc) is 2.48. The minimum absolute atomic E-state index is 0.328. The van der Waals surface area contributed by atoms with Gasteiger partial charge in [-0.3, -0.25) is 0 Å². The predicted molar refractivity (Wildman–Crippen MR) is 90.0 cm³/mol. The van der Waals surface area contributed by atoms with E-state index in [-0.39, 0.29) is 0 Å². The maximum Gasteiger partial charge on any atom is 0.240 e. The Hall–Kier alpha value is -0.650. The van der Waals surface area contributed by atoms with E-state index in [1.165, 1.54) is 29.3 Å². The van der Waals surface area contributed by atoms with Gasteiger partial charge in [-0.25, -0.2) is 13.1 Å². The van der Waals surface area contributed by atoms with E-state index in [0.717, 1.165) is 24.8 Å². The number of nitrogens with one attached hydrogen (secondary N) is 1. The van der Waals surface area contributed by atoms with Gasteiger partial charge in [-0.2, -0.15) is 0 Å². The van der Waals surface area contributed by atoms with Crippen LogP contribution in [0.4, 0.5) is 0 Å². The van der Waals surface area contributed by atoms with Crippen LogP contribution in [0.15, 0.2) is 39.2 Å². The lowest BCUT2D eigenvalue weighted by Crippen LogP contribution is -2.25. The summed E-state index contributed by atoms with van der Waals surface area (Å²) in [6.45, 7) is 2.37. The molecule has 0 spiro atoms. The summed E-state index contributed by atoms with van der Waals surface area (Å²) in [5, 5.41) is 0. The van der Waals surface area contributed by atoms with Crippen LogP contribution in [0.5, 0.6) is 0 Å². The highest BCUT2D eigenvalue weighted by Gasteiger charge is 2.14. The van der Waals surface area contributed by atoms with Crippen LogP contribution in [-0.2, 0) is 10.0 Å². The molecule has 5 heteroatoms. The second-order valence-corrected chi connectivity index (χ2v) is 8.25. The first-order valence-corrected chi connectivity index (χ1v) is 9.69. The number of halogens is 1. The Morgan fingerprint density at radius 2 is 1.76 bits per heavy atom. The molecule has 0 radical (unpaired) electrons. The number of benzene rings is 1. The predicted octanol–water partition coefficient (Wildman–Crippen LogP) is 4.28. The number of hydrogen-bond donors (Lipinski definition) is 1. The van der Waals surface area contributed by atoms with Crippen molar-refractivity contribution in [3.63, 3.8) is 0 Å². The molecule has 0 heterocycles. The largest absolute Gasteiger partial charge is 0.240 e. The molecule has 0 atom stereocenters. The van der Waals surface area contributed by atoms with Crippen molar-refractivity contribution >= 4 is 26.0 Å². The zero-order valence-corrected chi connectivity index (χ0v) is 14.8. The summed E-state index contributed by atoms with van der Waals surface area (Å²) in [6, 6.07) is 6.92. The van der Waals surface area contributed by atoms with Gasteiger partial charge in [-0.1, -0.05) is 45.6 Å². The molecule has 3 nitrogen and oxygen atoms in total. The number of rotatable bonds is 5. The Bertz CT molecular complexity index is 598. The molecule has 116 valence electrons. The lowest BCUT2D eigenvalue weighted by Gasteiger charge is -2.16. The van der Waals surface area contributed by atoms with Gasteiger partial charge < -0.3 is 0 Å². The Kier molecular flexibility index (Phi) is 6.02. The van der Waals surface area contributed by atoms with Crippen LogP contribution in [0, 0.1) is 6.92 Å². The first kappa shape index (κ1) is 16.7. The molecule has 1 fully saturated rings. The molecule has 0 aromatic heterocycles. The Labute approximate surface area is 136 Å². The summed E-state index contributed by atoms with van der Waals surface area (Å²) in [6.07, 6.45) is 6.82. The van der Waals surface area contributed by atoms with Gasteiger partial charge in [0.1, 0.15) is 0 Å². The fourth-order valence-corrected chi connectivity index (χ4v) is 4.15. The van der Waals surface area contributed by atoms with Gasteiger partial charge in [0.2, 0.25) is 10.0 Å². The van der Waals surface area contributed by atoms with E-state index in [4.69, 9.17) is 0 Å². The molecule has 0 amide bonds. The van der Waals surface area contributed by atoms with Crippen LogP contribution < -0.4 is 4.72 Å². The van der Waals surface area contributed by atoms with E-state index in [2.05, 4.69) is 20.7 Å². The minimum Gasteiger partial charge on any atom is -0.211 e. The molecule has 1 N–H and O–H groups in total. The zero-order valence-electron chi connectivity index (χ0n) is 12.4. The molecule has 0 unspecified atom stereocenters. The molecule has 1 aliphatic carbocycles. The van der Waals surface area contributed by atoms with Crippen molar-refractivity contribution < 1.29 is 8.42 Å². The number of hydrogen-bond acceptors (Lipinski definition) is 2. The maximum atomic E-state index is 12.2. The molecule has 1 aliphatic rings. The van der Waals surface area contributed by atoms with Crippen LogP contribution in [0.2, 0.25) is 0 Å². The highest BCUT2D eigenvalue weighted by Crippen LogP contribution is 2.29. The van der Waals surface area contributed by atoms with Gasteiger partial charge in [0.15, 0.2) is 0 Å². The molecule has 0 bridgehead atoms. The highest BCUT2D eigenvalue weighted by molar-refractivity contribution is 9.11. The molecule has 0 aliphatic heterocycles. The first-order chi connectivity index (χ1) is 9.99. The minimum atomic E-state index is -3.40. The standard InChI is InChI=1S/C16H22BrNO2S/c1-13-7-9-15(10-8-13)21(19,20)18-12-11-16(17)14-5-3-2-4-6-14/h7-10,18H,2-6,11-12H2,1H3. The van der Waals surface area contributed by atoms with Gasteiger partial charge in [0.05, 0.1) is 4.90 Å². The quantitative estimate of drug-likeness (QED) is 0.839. The molecule has 1 aromatic rings. The van der Waals surface area contributed by atoms with E-state index in [1.54, 1.807) is 12.1 Å². The van der Waals surface area contributed by atoms with Gasteiger partial charge in [-0.15, -0.1) is 0 Å². The van der Waals surface area contributed by atoms with Gasteiger partial charge in [-0.05, 0) is 55.6 Å². The summed E-state index contributed by atoms with van der Waals surface area (Å²) < 4.78 is 28.2. The summed E-state index contributed by atoms with van der Waals surface area (Å²) in [5.41, 5.74) is 2.51. The van der Waals surface area contributed by atoms with Crippen molar-refractivity contribution in [1.29, 1.82) is 0 Å². The van der Waals surface area contributed by atoms with Crippen molar-refractivity contribution in [2.24, 2.45) is 0 Å². The van der Waals surface area contributed by atoms with Crippen molar-refractivity contribution in [1.82, 2.24) is 4.72 Å². The second kappa shape index (κ2) is 7.56. The maximum absolute atomic E-state index is 12.2. The molecule has 21 heavy (non-hydrogen) atoms. The third kappa shape index (κ3) is 4.94. The van der Waals surface area contributed by atoms with Crippen LogP contribution in [0.3, 0.4) is 0 Å². The smallest absolute Gasteiger partial charge is 0.211 e. The van der Waals surface area contributed by atoms with Crippen molar-refractivity contribution in [2.75, 3.05) is 6.54 Å². The number of aryl methyl sites for hydroxylation is 1. The van der Waals surface area contributed by atoms with Crippen molar-refractivity contribution in [3.05, 3.63) is 39.9 Å². The van der Waals surface area contributed by atoms with Crippen molar-refractivity contribution in [3.8, 4) is 0 Å². The molecular formula is C16H22BrNO2S. The van der Waals surface area contributed by atoms with Crippen LogP contribution in [0.25, 0.3) is 0 Å². The molecule has 1 aromatic carbocycles. The molecular weight excluding hydrogens is 350 g/mol. The summed E-state index contributed by atoms with van der Waals surface area (Å²) in [5.74, 6) is 0. The lowest BCUT2D eigenvalue weighted by molar-refractivity contribution is 0.579. The molecule has 0 saturated heterocycles. The highest BCUT2D eigenvalue weighted by atomic mass is 79.9. The third-order valence-corrected chi connectivity index (χ3v) is 6.24. The number of allylic oxidation sites excluding steroid dienone is 1. The van der Waals surface area contributed by atoms with E-state index in [9.17, 15) is 8.42 Å². The Balaban J connectivity index is 1.91. The normalized spacial score (nSPS) is 16.0. The topological polar surface area (TPSA) is 46.2 Å². The fourth-order valence-electron chi connectivity index (χ4n) is 2.52. The van der Waals surface area contributed by atoms with Crippen LogP contribution >= 0.6 is 15.9 Å².